The van der Waals surface area contributed by atoms with Gasteiger partial charge < -0.3 is 19.5 Å². The van der Waals surface area contributed by atoms with Gasteiger partial charge in [0.15, 0.2) is 0 Å². The predicted molar refractivity (Wildman–Crippen MR) is 99.8 cm³/mol. The lowest BCUT2D eigenvalue weighted by atomic mass is 10.1. The van der Waals surface area contributed by atoms with Crippen LogP contribution in [-0.4, -0.2) is 47.6 Å². The van der Waals surface area contributed by atoms with Crippen molar-refractivity contribution < 1.29 is 29.1 Å². The maximum Gasteiger partial charge on any atom is 0.323 e. The zero-order valence-electron chi connectivity index (χ0n) is 15.7. The molecule has 0 bridgehead atoms. The van der Waals surface area contributed by atoms with E-state index < -0.39 is 23.3 Å². The zero-order chi connectivity index (χ0) is 20.8. The molecule has 9 nitrogen and oxygen atoms in total. The second kappa shape index (κ2) is 8.85. The average molecular weight is 388 g/mol. The number of carbonyl (C=O) groups is 2. The average Bonchev–Trinajstić information content (AvgIpc) is 2.66. The summed E-state index contributed by atoms with van der Waals surface area (Å²) in [7, 11) is 2.95. The molecule has 0 aliphatic rings. The van der Waals surface area contributed by atoms with Crippen LogP contribution in [-0.2, 0) is 11.3 Å². The van der Waals surface area contributed by atoms with E-state index in [0.717, 1.165) is 11.0 Å². The van der Waals surface area contributed by atoms with Crippen molar-refractivity contribution in [2.75, 3.05) is 20.8 Å². The van der Waals surface area contributed by atoms with Crippen molar-refractivity contribution in [2.45, 2.75) is 13.5 Å². The molecule has 2 rings (SSSR count). The van der Waals surface area contributed by atoms with E-state index in [4.69, 9.17) is 9.47 Å². The van der Waals surface area contributed by atoms with Crippen LogP contribution in [0.4, 0.5) is 5.69 Å². The number of hydrogen-bond donors (Lipinski definition) is 1. The summed E-state index contributed by atoms with van der Waals surface area (Å²) in [5.74, 6) is -0.844. The Morgan fingerprint density at radius 2 is 1.71 bits per heavy atom. The van der Waals surface area contributed by atoms with Crippen molar-refractivity contribution in [2.24, 2.45) is 0 Å². The summed E-state index contributed by atoms with van der Waals surface area (Å²) in [5, 5.41) is 20.2. The summed E-state index contributed by atoms with van der Waals surface area (Å²) in [5.41, 5.74) is 0.931. The number of aryl methyl sites for hydroxylation is 1. The molecule has 0 radical (unpaired) electrons. The van der Waals surface area contributed by atoms with Crippen molar-refractivity contribution in [1.29, 1.82) is 0 Å². The highest BCUT2D eigenvalue weighted by atomic mass is 16.6. The molecule has 0 fully saturated rings. The Kier molecular flexibility index (Phi) is 6.54. The van der Waals surface area contributed by atoms with Gasteiger partial charge in [-0.2, -0.15) is 0 Å². The Bertz CT molecular complexity index is 889. The van der Waals surface area contributed by atoms with Crippen molar-refractivity contribution in [3.05, 3.63) is 63.2 Å². The Labute approximate surface area is 161 Å². The number of methoxy groups -OCH3 is 2. The number of carboxylic acids is 1. The van der Waals surface area contributed by atoms with Crippen LogP contribution < -0.4 is 9.47 Å². The minimum atomic E-state index is -1.20. The molecule has 0 saturated carbocycles. The fraction of sp³-hybridized carbons (Fsp3) is 0.263. The number of carboxylic acid groups (broad SMARTS) is 1. The molecule has 2 aromatic rings. The molecule has 1 amide bonds. The van der Waals surface area contributed by atoms with Gasteiger partial charge in [-0.05, 0) is 30.2 Å². The largest absolute Gasteiger partial charge is 0.497 e. The molecule has 148 valence electrons. The molecule has 0 heterocycles. The highest BCUT2D eigenvalue weighted by Gasteiger charge is 2.23. The fourth-order valence-electron chi connectivity index (χ4n) is 2.67. The van der Waals surface area contributed by atoms with Gasteiger partial charge >= 0.3 is 5.97 Å². The van der Waals surface area contributed by atoms with E-state index >= 15 is 0 Å². The highest BCUT2D eigenvalue weighted by Crippen LogP contribution is 2.25. The third kappa shape index (κ3) is 4.97. The zero-order valence-corrected chi connectivity index (χ0v) is 15.7. The number of nitro benzene ring substituents is 1. The molecule has 0 atom stereocenters. The quantitative estimate of drug-likeness (QED) is 0.545. The van der Waals surface area contributed by atoms with Crippen LogP contribution in [0.1, 0.15) is 21.5 Å². The van der Waals surface area contributed by atoms with Gasteiger partial charge in [-0.3, -0.25) is 19.7 Å². The number of benzene rings is 2. The van der Waals surface area contributed by atoms with E-state index in [1.165, 1.54) is 26.4 Å². The second-order valence-electron chi connectivity index (χ2n) is 6.03. The van der Waals surface area contributed by atoms with E-state index in [0.29, 0.717) is 22.6 Å². The first kappa shape index (κ1) is 20.7. The van der Waals surface area contributed by atoms with Crippen molar-refractivity contribution in [3.63, 3.8) is 0 Å². The van der Waals surface area contributed by atoms with Crippen LogP contribution in [0.5, 0.6) is 11.5 Å². The maximum absolute atomic E-state index is 13.0. The molecule has 0 unspecified atom stereocenters. The second-order valence-corrected chi connectivity index (χ2v) is 6.03. The highest BCUT2D eigenvalue weighted by molar-refractivity contribution is 5.97. The predicted octanol–water partition coefficient (Wildman–Crippen LogP) is 2.65. The fourth-order valence-corrected chi connectivity index (χ4v) is 2.67. The van der Waals surface area contributed by atoms with Gasteiger partial charge in [0, 0.05) is 30.3 Å². The Morgan fingerprint density at radius 3 is 2.21 bits per heavy atom. The van der Waals surface area contributed by atoms with Gasteiger partial charge in [0.25, 0.3) is 11.6 Å². The van der Waals surface area contributed by atoms with E-state index in [-0.39, 0.29) is 17.8 Å². The van der Waals surface area contributed by atoms with Gasteiger partial charge in [0.05, 0.1) is 19.1 Å². The standard InChI is InChI=1S/C19H20N2O7/c1-12-4-5-14(21(25)26)8-17(12)19(24)20(11-18(22)23)10-13-6-15(27-2)9-16(7-13)28-3/h4-9H,10-11H2,1-3H3,(H,22,23). The van der Waals surface area contributed by atoms with Gasteiger partial charge in [-0.15, -0.1) is 0 Å². The number of rotatable bonds is 8. The smallest absolute Gasteiger partial charge is 0.323 e. The summed E-state index contributed by atoms with van der Waals surface area (Å²) in [6, 6.07) is 8.87. The number of amides is 1. The number of hydrogen-bond acceptors (Lipinski definition) is 6. The van der Waals surface area contributed by atoms with Crippen LogP contribution in [0.3, 0.4) is 0 Å². The molecule has 2 aromatic carbocycles. The monoisotopic (exact) mass is 388 g/mol. The van der Waals surface area contributed by atoms with Gasteiger partial charge in [-0.25, -0.2) is 0 Å². The maximum atomic E-state index is 13.0. The summed E-state index contributed by atoms with van der Waals surface area (Å²) in [4.78, 5) is 35.8. The van der Waals surface area contributed by atoms with E-state index in [1.807, 2.05) is 0 Å². The molecule has 0 aromatic heterocycles. The van der Waals surface area contributed by atoms with Crippen LogP contribution in [0, 0.1) is 17.0 Å². The van der Waals surface area contributed by atoms with E-state index in [2.05, 4.69) is 0 Å². The third-order valence-corrected chi connectivity index (χ3v) is 4.06. The van der Waals surface area contributed by atoms with Crippen LogP contribution in [0.2, 0.25) is 0 Å². The molecular formula is C19H20N2O7. The summed E-state index contributed by atoms with van der Waals surface area (Å²) in [6.07, 6.45) is 0. The minimum Gasteiger partial charge on any atom is -0.497 e. The molecular weight excluding hydrogens is 368 g/mol. The van der Waals surface area contributed by atoms with Crippen molar-refractivity contribution in [1.82, 2.24) is 4.90 Å². The Balaban J connectivity index is 2.41. The number of carbonyl (C=O) groups excluding carboxylic acids is 1. The number of non-ortho nitro benzene ring substituents is 1. The van der Waals surface area contributed by atoms with Crippen molar-refractivity contribution >= 4 is 17.6 Å². The number of aliphatic carboxylic acids is 1. The first-order valence-corrected chi connectivity index (χ1v) is 8.23. The molecule has 9 heteroatoms. The molecule has 0 aliphatic carbocycles. The molecule has 0 spiro atoms. The number of ether oxygens (including phenoxy) is 2. The first-order valence-electron chi connectivity index (χ1n) is 8.23. The van der Waals surface area contributed by atoms with Crippen LogP contribution >= 0.6 is 0 Å². The molecule has 1 N–H and O–H groups in total. The van der Waals surface area contributed by atoms with Gasteiger partial charge in [0.1, 0.15) is 18.0 Å². The lowest BCUT2D eigenvalue weighted by Gasteiger charge is -2.22. The molecule has 0 saturated heterocycles. The number of nitro groups is 1. The summed E-state index contributed by atoms with van der Waals surface area (Å²) in [6.45, 7) is 1.02. The van der Waals surface area contributed by atoms with Gasteiger partial charge in [0.2, 0.25) is 0 Å². The van der Waals surface area contributed by atoms with E-state index in [1.54, 1.807) is 25.1 Å². The number of nitrogens with zero attached hydrogens (tertiary/aromatic N) is 2. The first-order chi connectivity index (χ1) is 13.2. The third-order valence-electron chi connectivity index (χ3n) is 4.06. The summed E-state index contributed by atoms with van der Waals surface area (Å²) < 4.78 is 10.4. The minimum absolute atomic E-state index is 0.0408. The molecule has 0 aliphatic heterocycles. The van der Waals surface area contributed by atoms with Crippen LogP contribution in [0.15, 0.2) is 36.4 Å². The SMILES string of the molecule is COc1cc(CN(CC(=O)O)C(=O)c2cc([N+](=O)[O-])ccc2C)cc(OC)c1. The lowest BCUT2D eigenvalue weighted by molar-refractivity contribution is -0.384. The van der Waals surface area contributed by atoms with Crippen molar-refractivity contribution in [3.8, 4) is 11.5 Å². The van der Waals surface area contributed by atoms with Crippen LogP contribution in [0.25, 0.3) is 0 Å². The molecule has 28 heavy (non-hydrogen) atoms. The van der Waals surface area contributed by atoms with Gasteiger partial charge in [-0.1, -0.05) is 6.07 Å². The Morgan fingerprint density at radius 1 is 1.11 bits per heavy atom. The Hall–Kier alpha value is -3.62. The normalized spacial score (nSPS) is 10.2. The van der Waals surface area contributed by atoms with E-state index in [9.17, 15) is 24.8 Å². The topological polar surface area (TPSA) is 119 Å². The lowest BCUT2D eigenvalue weighted by Crippen LogP contribution is -2.35. The summed E-state index contributed by atoms with van der Waals surface area (Å²) >= 11 is 0.